The maximum atomic E-state index is 15.3. The Balaban J connectivity index is 1.34. The van der Waals surface area contributed by atoms with Crippen molar-refractivity contribution in [2.24, 2.45) is 0 Å². The van der Waals surface area contributed by atoms with Crippen molar-refractivity contribution < 1.29 is 28.6 Å². The van der Waals surface area contributed by atoms with Crippen LogP contribution in [0.15, 0.2) is 94.5 Å². The van der Waals surface area contributed by atoms with Gasteiger partial charge >= 0.3 is 13.3 Å². The Bertz CT molecular complexity index is 2440. The molecule has 0 saturated carbocycles. The van der Waals surface area contributed by atoms with E-state index in [0.29, 0.717) is 63.4 Å². The third kappa shape index (κ3) is 22.6. The van der Waals surface area contributed by atoms with E-state index in [1.807, 2.05) is 24.3 Å². The number of aromatic amines is 1. The largest absolute Gasteiger partial charge is 0.381 e. The molecule has 1 heterocycles. The highest BCUT2D eigenvalue weighted by Gasteiger charge is 2.43. The Morgan fingerprint density at radius 1 is 0.468 bits per heavy atom. The third-order valence-corrected chi connectivity index (χ3v) is 16.3. The number of hydrogen-bond acceptors (Lipinski definition) is 6. The van der Waals surface area contributed by atoms with E-state index in [4.69, 9.17) is 14.2 Å². The lowest BCUT2D eigenvalue weighted by Crippen LogP contribution is -2.44. The second-order valence-electron chi connectivity index (χ2n) is 22.0. The monoisotopic (exact) mass is 1080 g/mol. The lowest BCUT2D eigenvalue weighted by atomic mass is 9.64. The van der Waals surface area contributed by atoms with E-state index in [9.17, 15) is 19.1 Å². The second-order valence-corrected chi connectivity index (χ2v) is 23.6. The average Bonchev–Trinajstić information content (AvgIpc) is 3.52. The summed E-state index contributed by atoms with van der Waals surface area (Å²) in [5, 5.41) is 4.10. The van der Waals surface area contributed by atoms with Crippen molar-refractivity contribution in [1.29, 1.82) is 0 Å². The fourth-order valence-electron chi connectivity index (χ4n) is 11.7. The first-order chi connectivity index (χ1) is 37.7. The summed E-state index contributed by atoms with van der Waals surface area (Å²) in [7, 11) is -4.46. The van der Waals surface area contributed by atoms with E-state index >= 15 is 4.79 Å². The smallest absolute Gasteiger partial charge is 0.350 e. The van der Waals surface area contributed by atoms with E-state index < -0.39 is 30.6 Å². The Kier molecular flexibility index (Phi) is 31.5. The number of unbranched alkanes of at least 4 members (excludes halogenated alkanes) is 26. The van der Waals surface area contributed by atoms with Gasteiger partial charge in [-0.05, 0) is 71.2 Å². The Hall–Kier alpha value is -3.89. The fraction of sp³-hybridized carbons (Fsp3) is 0.636. The van der Waals surface area contributed by atoms with Gasteiger partial charge in [0.05, 0.1) is 24.1 Å². The number of nitrogens with zero attached hydrogens (tertiary/aromatic N) is 1. The first-order valence-corrected chi connectivity index (χ1v) is 32.6. The molecule has 0 aliphatic rings. The van der Waals surface area contributed by atoms with Crippen LogP contribution in [0.4, 0.5) is 0 Å². The molecule has 0 unspecified atom stereocenters. The molecular weight excluding hydrogens is 980 g/mol. The number of benzene rings is 4. The average molecular weight is 1080 g/mol. The van der Waals surface area contributed by atoms with Gasteiger partial charge in [-0.15, -0.1) is 0 Å². The maximum Gasteiger partial charge on any atom is 0.350 e. The molecule has 0 aliphatic carbocycles. The Morgan fingerprint density at radius 3 is 1.30 bits per heavy atom. The predicted molar refractivity (Wildman–Crippen MR) is 322 cm³/mol. The van der Waals surface area contributed by atoms with E-state index in [-0.39, 0.29) is 13.2 Å². The summed E-state index contributed by atoms with van der Waals surface area (Å²) >= 11 is 0. The van der Waals surface area contributed by atoms with Gasteiger partial charge in [0.25, 0.3) is 5.56 Å². The summed E-state index contributed by atoms with van der Waals surface area (Å²) in [4.78, 5) is 51.5. The van der Waals surface area contributed by atoms with Crippen molar-refractivity contribution in [1.82, 2.24) is 9.55 Å². The van der Waals surface area contributed by atoms with Crippen LogP contribution < -0.4 is 11.2 Å². The Morgan fingerprint density at radius 2 is 0.857 bits per heavy atom. The van der Waals surface area contributed by atoms with E-state index in [0.717, 1.165) is 58.4 Å². The summed E-state index contributed by atoms with van der Waals surface area (Å²) < 4.78 is 31.7. The summed E-state index contributed by atoms with van der Waals surface area (Å²) in [5.74, 6) is 0. The van der Waals surface area contributed by atoms with Gasteiger partial charge in [0.15, 0.2) is 0 Å². The molecule has 5 rings (SSSR count). The van der Waals surface area contributed by atoms with Crippen LogP contribution in [0.3, 0.4) is 0 Å². The highest BCUT2D eigenvalue weighted by atomic mass is 31.2. The van der Waals surface area contributed by atoms with Gasteiger partial charge in [0, 0.05) is 32.1 Å². The first kappa shape index (κ1) is 63.9. The summed E-state index contributed by atoms with van der Waals surface area (Å²) in [6.45, 7) is 6.69. The molecule has 0 amide bonds. The minimum absolute atomic E-state index is 0.0126. The molecule has 3 N–H and O–H groups in total. The normalized spacial score (nSPS) is 12.2. The number of hydrogen-bond donors (Lipinski definition) is 3. The molecule has 0 bridgehead atoms. The highest BCUT2D eigenvalue weighted by molar-refractivity contribution is 7.51. The van der Waals surface area contributed by atoms with Crippen LogP contribution in [0.1, 0.15) is 235 Å². The van der Waals surface area contributed by atoms with Gasteiger partial charge in [0.1, 0.15) is 6.35 Å². The van der Waals surface area contributed by atoms with Crippen LogP contribution in [-0.2, 0) is 37.2 Å². The predicted octanol–water partition coefficient (Wildman–Crippen LogP) is 17.0. The van der Waals surface area contributed by atoms with Crippen LogP contribution >= 0.6 is 7.60 Å². The van der Waals surface area contributed by atoms with Crippen LogP contribution in [0, 0.1) is 0 Å². The van der Waals surface area contributed by atoms with E-state index in [1.165, 1.54) is 154 Å². The fourth-order valence-corrected chi connectivity index (χ4v) is 12.0. The van der Waals surface area contributed by atoms with Crippen LogP contribution in [0.25, 0.3) is 21.5 Å². The van der Waals surface area contributed by atoms with Gasteiger partial charge < -0.3 is 24.0 Å². The number of rotatable bonds is 46. The van der Waals surface area contributed by atoms with Crippen molar-refractivity contribution in [3.05, 3.63) is 128 Å². The lowest BCUT2D eigenvalue weighted by Gasteiger charge is -2.39. The molecular formula is C66H101N2O8P. The zero-order valence-corrected chi connectivity index (χ0v) is 48.8. The Labute approximate surface area is 464 Å². The molecule has 5 aromatic rings. The van der Waals surface area contributed by atoms with Gasteiger partial charge in [-0.2, -0.15) is 0 Å². The molecule has 1 aromatic heterocycles. The number of fused-ring (bicyclic) bond motifs is 2. The second kappa shape index (κ2) is 37.9. The molecule has 428 valence electrons. The molecule has 4 aromatic carbocycles. The zero-order chi connectivity index (χ0) is 54.7. The maximum absolute atomic E-state index is 15.3. The first-order valence-electron chi connectivity index (χ1n) is 30.8. The van der Waals surface area contributed by atoms with Crippen LogP contribution in [0.5, 0.6) is 0 Å². The number of aromatic nitrogens is 2. The van der Waals surface area contributed by atoms with Gasteiger partial charge in [-0.1, -0.05) is 266 Å². The number of nitrogens with one attached hydrogen (secondary N) is 1. The summed E-state index contributed by atoms with van der Waals surface area (Å²) in [5.41, 5.74) is 0.857. The van der Waals surface area contributed by atoms with Crippen molar-refractivity contribution in [2.75, 3.05) is 39.4 Å². The highest BCUT2D eigenvalue weighted by Crippen LogP contribution is 2.48. The molecule has 11 heteroatoms. The number of H-pyrrole nitrogens is 1. The minimum Gasteiger partial charge on any atom is -0.381 e. The van der Waals surface area contributed by atoms with Crippen LogP contribution in [0.2, 0.25) is 0 Å². The number of ether oxygens (including phenoxy) is 3. The van der Waals surface area contributed by atoms with E-state index in [1.54, 1.807) is 4.57 Å². The zero-order valence-electron chi connectivity index (χ0n) is 47.9. The van der Waals surface area contributed by atoms with Crippen molar-refractivity contribution >= 4 is 29.1 Å². The quantitative estimate of drug-likeness (QED) is 0.0259. The molecule has 0 atom stereocenters. The van der Waals surface area contributed by atoms with Gasteiger partial charge in [-0.25, -0.2) is 4.79 Å². The molecule has 0 radical (unpaired) electrons. The van der Waals surface area contributed by atoms with Crippen molar-refractivity contribution in [2.45, 2.75) is 231 Å². The van der Waals surface area contributed by atoms with Gasteiger partial charge in [-0.3, -0.25) is 18.9 Å². The van der Waals surface area contributed by atoms with E-state index in [2.05, 4.69) is 79.5 Å². The van der Waals surface area contributed by atoms with Crippen molar-refractivity contribution in [3.8, 4) is 0 Å². The van der Waals surface area contributed by atoms with Gasteiger partial charge in [0.2, 0.25) is 0 Å². The lowest BCUT2D eigenvalue weighted by molar-refractivity contribution is 0.123. The topological polar surface area (TPSA) is 140 Å². The molecule has 0 saturated heterocycles. The minimum atomic E-state index is -4.46. The standard InChI is InChI=1S/C66H101N2O8P/c1-3-5-7-9-11-13-15-17-19-21-23-25-27-33-50-74-52-37-47-62-63(64(69)67-65(70)68(62)49-54-76-55-77(71,72)73)66(60-45-35-41-56-39-29-31-43-58(56)60,61-46-36-42-57-40-30-32-44-59(57)61)48-38-53-75-51-34-28-26-24-22-20-18-16-14-12-10-8-6-4-2/h29-32,35-36,39-46H,3-28,33-34,37-38,47-55H2,1-2H3,(H,67,69,70)(H2,71,72,73). The molecule has 0 fully saturated rings. The summed E-state index contributed by atoms with van der Waals surface area (Å²) in [6, 6.07) is 29.2. The third-order valence-electron chi connectivity index (χ3n) is 15.8. The molecule has 0 aliphatic heterocycles. The summed E-state index contributed by atoms with van der Waals surface area (Å²) in [6.07, 6.45) is 37.7. The van der Waals surface area contributed by atoms with Crippen molar-refractivity contribution in [3.63, 3.8) is 0 Å². The molecule has 10 nitrogen and oxygen atoms in total. The SMILES string of the molecule is CCCCCCCCCCCCCCCCOCCCc1c(C(CCCOCCCCCCCCCCCCCCCC)(c2cccc3ccccc23)c2cccc3ccccc23)c(=O)[nH]c(=O)n1CCOCP(=O)(O)O. The molecule has 77 heavy (non-hydrogen) atoms. The van der Waals surface area contributed by atoms with Crippen LogP contribution in [-0.4, -0.2) is 58.7 Å². The molecule has 0 spiro atoms.